The van der Waals surface area contributed by atoms with Crippen LogP contribution in [0.2, 0.25) is 0 Å². The van der Waals surface area contributed by atoms with Crippen molar-refractivity contribution in [3.05, 3.63) is 64.0 Å². The van der Waals surface area contributed by atoms with E-state index in [0.717, 1.165) is 11.3 Å². The van der Waals surface area contributed by atoms with Crippen LogP contribution in [-0.4, -0.2) is 18.2 Å². The Morgan fingerprint density at radius 1 is 1.15 bits per heavy atom. The molecule has 6 heteroatoms. The number of methoxy groups -OCH3 is 1. The molecule has 0 aliphatic carbocycles. The van der Waals surface area contributed by atoms with Gasteiger partial charge in [0.1, 0.15) is 28.2 Å². The van der Waals surface area contributed by atoms with E-state index in [1.807, 2.05) is 24.3 Å². The minimum Gasteiger partial charge on any atom is -0.507 e. The number of carbonyl (C=O) groups excluding carboxylic acids is 1. The molecule has 3 rings (SSSR count). The number of rotatable bonds is 5. The van der Waals surface area contributed by atoms with Crippen LogP contribution in [0.3, 0.4) is 0 Å². The molecule has 0 saturated heterocycles. The van der Waals surface area contributed by atoms with Crippen molar-refractivity contribution in [3.63, 3.8) is 0 Å². The predicted octanol–water partition coefficient (Wildman–Crippen LogP) is 3.41. The molecule has 134 valence electrons. The molecule has 0 aliphatic rings. The zero-order valence-corrected chi connectivity index (χ0v) is 14.4. The number of hydrogen-bond acceptors (Lipinski definition) is 6. The Morgan fingerprint density at radius 3 is 2.54 bits per heavy atom. The zero-order valence-electron chi connectivity index (χ0n) is 14.4. The van der Waals surface area contributed by atoms with Crippen molar-refractivity contribution in [1.82, 2.24) is 0 Å². The average molecular weight is 354 g/mol. The molecular weight excluding hydrogens is 336 g/mol. The first-order valence-electron chi connectivity index (χ1n) is 8.12. The molecule has 0 aliphatic heterocycles. The summed E-state index contributed by atoms with van der Waals surface area (Å²) in [5, 5.41) is 10.3. The maximum atomic E-state index is 12.7. The SMILES string of the molecule is CCC(=O)Oc1cc(O)c2c(=O)c(Cc3ccc(OC)cc3)coc2c1. The van der Waals surface area contributed by atoms with Gasteiger partial charge in [-0.05, 0) is 17.7 Å². The van der Waals surface area contributed by atoms with E-state index in [-0.39, 0.29) is 34.3 Å². The van der Waals surface area contributed by atoms with Crippen LogP contribution in [-0.2, 0) is 11.2 Å². The number of hydrogen-bond donors (Lipinski definition) is 1. The van der Waals surface area contributed by atoms with E-state index in [1.165, 1.54) is 18.4 Å². The van der Waals surface area contributed by atoms with Crippen molar-refractivity contribution in [2.45, 2.75) is 19.8 Å². The van der Waals surface area contributed by atoms with E-state index in [4.69, 9.17) is 13.9 Å². The minimum absolute atomic E-state index is 0.0623. The molecule has 3 aromatic rings. The third-order valence-electron chi connectivity index (χ3n) is 3.98. The molecule has 1 heterocycles. The number of esters is 1. The maximum Gasteiger partial charge on any atom is 0.310 e. The fourth-order valence-corrected chi connectivity index (χ4v) is 2.59. The summed E-state index contributed by atoms with van der Waals surface area (Å²) < 4.78 is 15.7. The number of phenols is 1. The van der Waals surface area contributed by atoms with Gasteiger partial charge in [0.25, 0.3) is 0 Å². The smallest absolute Gasteiger partial charge is 0.310 e. The molecule has 6 nitrogen and oxygen atoms in total. The average Bonchev–Trinajstić information content (AvgIpc) is 2.64. The number of ether oxygens (including phenoxy) is 2. The van der Waals surface area contributed by atoms with Gasteiger partial charge in [-0.1, -0.05) is 19.1 Å². The maximum absolute atomic E-state index is 12.7. The second kappa shape index (κ2) is 7.31. The van der Waals surface area contributed by atoms with Crippen molar-refractivity contribution >= 4 is 16.9 Å². The summed E-state index contributed by atoms with van der Waals surface area (Å²) in [5.41, 5.74) is 1.15. The first kappa shape index (κ1) is 17.5. The molecule has 0 atom stereocenters. The van der Waals surface area contributed by atoms with Crippen molar-refractivity contribution in [1.29, 1.82) is 0 Å². The summed E-state index contributed by atoms with van der Waals surface area (Å²) >= 11 is 0. The van der Waals surface area contributed by atoms with Gasteiger partial charge in [0, 0.05) is 30.5 Å². The van der Waals surface area contributed by atoms with Gasteiger partial charge in [-0.15, -0.1) is 0 Å². The van der Waals surface area contributed by atoms with Crippen molar-refractivity contribution in [3.8, 4) is 17.2 Å². The molecule has 1 aromatic heterocycles. The second-order valence-electron chi connectivity index (χ2n) is 5.76. The molecule has 0 bridgehead atoms. The van der Waals surface area contributed by atoms with Crippen LogP contribution in [0.4, 0.5) is 0 Å². The van der Waals surface area contributed by atoms with Crippen LogP contribution < -0.4 is 14.9 Å². The molecule has 26 heavy (non-hydrogen) atoms. The van der Waals surface area contributed by atoms with E-state index in [1.54, 1.807) is 14.0 Å². The Kier molecular flexibility index (Phi) is 4.93. The van der Waals surface area contributed by atoms with Gasteiger partial charge in [-0.25, -0.2) is 0 Å². The van der Waals surface area contributed by atoms with Gasteiger partial charge in [0.15, 0.2) is 5.43 Å². The van der Waals surface area contributed by atoms with Crippen LogP contribution >= 0.6 is 0 Å². The van der Waals surface area contributed by atoms with E-state index in [2.05, 4.69) is 0 Å². The third kappa shape index (κ3) is 3.54. The summed E-state index contributed by atoms with van der Waals surface area (Å²) in [4.78, 5) is 24.1. The molecule has 2 aromatic carbocycles. The number of carbonyl (C=O) groups is 1. The Bertz CT molecular complexity index is 1000. The molecule has 0 unspecified atom stereocenters. The summed E-state index contributed by atoms with van der Waals surface area (Å²) in [7, 11) is 1.59. The fraction of sp³-hybridized carbons (Fsp3) is 0.200. The highest BCUT2D eigenvalue weighted by molar-refractivity contribution is 5.86. The predicted molar refractivity (Wildman–Crippen MR) is 95.9 cm³/mol. The van der Waals surface area contributed by atoms with Crippen LogP contribution in [0.15, 0.2) is 51.9 Å². The van der Waals surface area contributed by atoms with Crippen LogP contribution in [0.5, 0.6) is 17.2 Å². The molecule has 1 N–H and O–H groups in total. The van der Waals surface area contributed by atoms with E-state index in [0.29, 0.717) is 12.0 Å². The number of aromatic hydroxyl groups is 1. The lowest BCUT2D eigenvalue weighted by Gasteiger charge is -2.08. The van der Waals surface area contributed by atoms with E-state index in [9.17, 15) is 14.7 Å². The monoisotopic (exact) mass is 354 g/mol. The van der Waals surface area contributed by atoms with Crippen molar-refractivity contribution in [2.75, 3.05) is 7.11 Å². The molecule has 0 radical (unpaired) electrons. The van der Waals surface area contributed by atoms with Gasteiger partial charge < -0.3 is 19.0 Å². The normalized spacial score (nSPS) is 10.7. The first-order chi connectivity index (χ1) is 12.5. The third-order valence-corrected chi connectivity index (χ3v) is 3.98. The van der Waals surface area contributed by atoms with Gasteiger partial charge in [-0.2, -0.15) is 0 Å². The molecule has 0 saturated carbocycles. The molecule has 0 fully saturated rings. The Hall–Kier alpha value is -3.28. The Morgan fingerprint density at radius 2 is 1.88 bits per heavy atom. The van der Waals surface area contributed by atoms with Gasteiger partial charge in [-0.3, -0.25) is 9.59 Å². The highest BCUT2D eigenvalue weighted by Crippen LogP contribution is 2.29. The lowest BCUT2D eigenvalue weighted by atomic mass is 10.0. The lowest BCUT2D eigenvalue weighted by Crippen LogP contribution is -2.10. The zero-order chi connectivity index (χ0) is 18.7. The standard InChI is InChI=1S/C20H18O6/c1-3-18(22)26-15-9-16(21)19-17(10-15)25-11-13(20(19)23)8-12-4-6-14(24-2)7-5-12/h4-7,9-11,21H,3,8H2,1-2H3. The summed E-state index contributed by atoms with van der Waals surface area (Å²) in [6.07, 6.45) is 1.91. The van der Waals surface area contributed by atoms with Crippen molar-refractivity contribution in [2.24, 2.45) is 0 Å². The molecular formula is C20H18O6. The number of fused-ring (bicyclic) bond motifs is 1. The van der Waals surface area contributed by atoms with E-state index < -0.39 is 5.97 Å². The largest absolute Gasteiger partial charge is 0.507 e. The Balaban J connectivity index is 1.97. The number of phenolic OH excluding ortho intramolecular Hbond substituents is 1. The van der Waals surface area contributed by atoms with Gasteiger partial charge in [0.2, 0.25) is 0 Å². The molecule has 0 amide bonds. The van der Waals surface area contributed by atoms with Gasteiger partial charge >= 0.3 is 5.97 Å². The highest BCUT2D eigenvalue weighted by Gasteiger charge is 2.15. The van der Waals surface area contributed by atoms with Crippen LogP contribution in [0, 0.1) is 0 Å². The van der Waals surface area contributed by atoms with E-state index >= 15 is 0 Å². The van der Waals surface area contributed by atoms with Crippen LogP contribution in [0.25, 0.3) is 11.0 Å². The van der Waals surface area contributed by atoms with Gasteiger partial charge in [0.05, 0.1) is 13.4 Å². The van der Waals surface area contributed by atoms with Crippen molar-refractivity contribution < 1.29 is 23.8 Å². The highest BCUT2D eigenvalue weighted by atomic mass is 16.5. The topological polar surface area (TPSA) is 86.0 Å². The summed E-state index contributed by atoms with van der Waals surface area (Å²) in [5.74, 6) is 0.132. The lowest BCUT2D eigenvalue weighted by molar-refractivity contribution is -0.134. The summed E-state index contributed by atoms with van der Waals surface area (Å²) in [6.45, 7) is 1.66. The Labute approximate surface area is 149 Å². The second-order valence-corrected chi connectivity index (χ2v) is 5.76. The summed E-state index contributed by atoms with van der Waals surface area (Å²) in [6, 6.07) is 9.99. The number of benzene rings is 2. The fourth-order valence-electron chi connectivity index (χ4n) is 2.59. The first-order valence-corrected chi connectivity index (χ1v) is 8.12. The van der Waals surface area contributed by atoms with Crippen LogP contribution in [0.1, 0.15) is 24.5 Å². The minimum atomic E-state index is -0.442. The molecule has 0 spiro atoms. The quantitative estimate of drug-likeness (QED) is 0.558.